The van der Waals surface area contributed by atoms with E-state index in [-0.39, 0.29) is 29.5 Å². The molecule has 4 rings (SSSR count). The SMILES string of the molecule is Cc1ccc(NC(=O)c2ccc(N3CCCCCS3(=O)=O)cc2F)cc1NC(=O)c1cccc(Cl)c1. The average molecular weight is 530 g/mol. The average Bonchev–Trinajstić information content (AvgIpc) is 3.01. The summed E-state index contributed by atoms with van der Waals surface area (Å²) in [5.41, 5.74) is 1.94. The Morgan fingerprint density at radius 3 is 2.50 bits per heavy atom. The third kappa shape index (κ3) is 5.85. The highest BCUT2D eigenvalue weighted by molar-refractivity contribution is 7.92. The Bertz CT molecular complexity index is 1430. The number of halogens is 2. The van der Waals surface area contributed by atoms with E-state index in [9.17, 15) is 22.4 Å². The third-order valence-electron chi connectivity index (χ3n) is 5.92. The lowest BCUT2D eigenvalue weighted by atomic mass is 10.1. The number of hydrogen-bond donors (Lipinski definition) is 2. The van der Waals surface area contributed by atoms with Crippen LogP contribution in [0.2, 0.25) is 5.02 Å². The molecule has 0 atom stereocenters. The van der Waals surface area contributed by atoms with Crippen molar-refractivity contribution in [3.05, 3.63) is 88.2 Å². The molecule has 2 N–H and O–H groups in total. The maximum absolute atomic E-state index is 14.9. The van der Waals surface area contributed by atoms with Crippen molar-refractivity contribution >= 4 is 50.5 Å². The number of aryl methyl sites for hydroxylation is 1. The molecule has 0 saturated carbocycles. The fourth-order valence-electron chi connectivity index (χ4n) is 3.96. The predicted molar refractivity (Wildman–Crippen MR) is 140 cm³/mol. The summed E-state index contributed by atoms with van der Waals surface area (Å²) >= 11 is 5.96. The molecule has 1 saturated heterocycles. The van der Waals surface area contributed by atoms with Crippen molar-refractivity contribution in [3.8, 4) is 0 Å². The second-order valence-electron chi connectivity index (χ2n) is 8.56. The molecule has 3 aromatic carbocycles. The van der Waals surface area contributed by atoms with E-state index in [1.165, 1.54) is 16.4 Å². The van der Waals surface area contributed by atoms with Gasteiger partial charge in [-0.2, -0.15) is 0 Å². The molecule has 10 heteroatoms. The van der Waals surface area contributed by atoms with Crippen LogP contribution in [0.5, 0.6) is 0 Å². The molecule has 0 bridgehead atoms. The van der Waals surface area contributed by atoms with Gasteiger partial charge in [0.25, 0.3) is 11.8 Å². The molecule has 188 valence electrons. The Morgan fingerprint density at radius 1 is 0.944 bits per heavy atom. The smallest absolute Gasteiger partial charge is 0.258 e. The van der Waals surface area contributed by atoms with E-state index in [0.717, 1.165) is 18.1 Å². The predicted octanol–water partition coefficient (Wildman–Crippen LogP) is 5.61. The third-order valence-corrected chi connectivity index (χ3v) is 8.02. The highest BCUT2D eigenvalue weighted by atomic mass is 35.5. The van der Waals surface area contributed by atoms with Crippen LogP contribution in [0.1, 0.15) is 45.5 Å². The van der Waals surface area contributed by atoms with Crippen molar-refractivity contribution in [2.45, 2.75) is 26.2 Å². The molecule has 1 aliphatic rings. The Balaban J connectivity index is 1.51. The van der Waals surface area contributed by atoms with Gasteiger partial charge in [-0.3, -0.25) is 13.9 Å². The van der Waals surface area contributed by atoms with Crippen molar-refractivity contribution in [1.82, 2.24) is 0 Å². The molecule has 2 amide bonds. The second kappa shape index (κ2) is 10.7. The number of carbonyl (C=O) groups excluding carboxylic acids is 2. The number of rotatable bonds is 5. The quantitative estimate of drug-likeness (QED) is 0.449. The minimum absolute atomic E-state index is 0.0143. The summed E-state index contributed by atoms with van der Waals surface area (Å²) in [6, 6.07) is 15.2. The number of carbonyl (C=O) groups is 2. The largest absolute Gasteiger partial charge is 0.322 e. The molecule has 0 radical (unpaired) electrons. The van der Waals surface area contributed by atoms with Gasteiger partial charge < -0.3 is 10.6 Å². The molecular formula is C26H25ClFN3O4S. The molecule has 0 aromatic heterocycles. The fourth-order valence-corrected chi connectivity index (χ4v) is 5.78. The van der Waals surface area contributed by atoms with Crippen molar-refractivity contribution < 1.29 is 22.4 Å². The van der Waals surface area contributed by atoms with Crippen molar-refractivity contribution in [2.24, 2.45) is 0 Å². The molecule has 36 heavy (non-hydrogen) atoms. The number of benzene rings is 3. The van der Waals surface area contributed by atoms with Crippen LogP contribution in [0, 0.1) is 12.7 Å². The van der Waals surface area contributed by atoms with E-state index in [1.54, 1.807) is 49.4 Å². The van der Waals surface area contributed by atoms with E-state index >= 15 is 0 Å². The topological polar surface area (TPSA) is 95.6 Å². The van der Waals surface area contributed by atoms with Gasteiger partial charge in [-0.05, 0) is 73.9 Å². The lowest BCUT2D eigenvalue weighted by Crippen LogP contribution is -2.32. The summed E-state index contributed by atoms with van der Waals surface area (Å²) in [5.74, 6) is -1.88. The number of anilines is 3. The lowest BCUT2D eigenvalue weighted by Gasteiger charge is -2.22. The van der Waals surface area contributed by atoms with Gasteiger partial charge in [-0.15, -0.1) is 0 Å². The zero-order valence-corrected chi connectivity index (χ0v) is 21.1. The van der Waals surface area contributed by atoms with E-state index in [1.807, 2.05) is 0 Å². The zero-order valence-electron chi connectivity index (χ0n) is 19.6. The molecule has 3 aromatic rings. The Labute approximate surface area is 214 Å². The molecule has 7 nitrogen and oxygen atoms in total. The maximum atomic E-state index is 14.9. The van der Waals surface area contributed by atoms with Crippen LogP contribution in [0.4, 0.5) is 21.5 Å². The lowest BCUT2D eigenvalue weighted by molar-refractivity contribution is 0.101. The summed E-state index contributed by atoms with van der Waals surface area (Å²) in [6.45, 7) is 2.08. The first-order valence-corrected chi connectivity index (χ1v) is 13.4. The minimum Gasteiger partial charge on any atom is -0.322 e. The van der Waals surface area contributed by atoms with E-state index < -0.39 is 21.7 Å². The van der Waals surface area contributed by atoms with Crippen LogP contribution in [0.25, 0.3) is 0 Å². The van der Waals surface area contributed by atoms with Gasteiger partial charge >= 0.3 is 0 Å². The monoisotopic (exact) mass is 529 g/mol. The molecular weight excluding hydrogens is 505 g/mol. The molecule has 0 spiro atoms. The fraction of sp³-hybridized carbons (Fsp3) is 0.231. The Morgan fingerprint density at radius 2 is 1.75 bits per heavy atom. The van der Waals surface area contributed by atoms with Crippen molar-refractivity contribution in [2.75, 3.05) is 27.2 Å². The van der Waals surface area contributed by atoms with Gasteiger partial charge in [0.2, 0.25) is 10.0 Å². The number of amides is 2. The summed E-state index contributed by atoms with van der Waals surface area (Å²) < 4.78 is 41.1. The van der Waals surface area contributed by atoms with Crippen LogP contribution in [-0.4, -0.2) is 32.5 Å². The molecule has 0 aliphatic carbocycles. The van der Waals surface area contributed by atoms with Crippen LogP contribution >= 0.6 is 11.6 Å². The minimum atomic E-state index is -3.53. The van der Waals surface area contributed by atoms with Gasteiger partial charge in [0, 0.05) is 28.5 Å². The summed E-state index contributed by atoms with van der Waals surface area (Å²) in [5, 5.41) is 5.85. The van der Waals surface area contributed by atoms with Gasteiger partial charge in [0.1, 0.15) is 5.82 Å². The summed E-state index contributed by atoms with van der Waals surface area (Å²) in [4.78, 5) is 25.4. The number of nitrogens with zero attached hydrogens (tertiary/aromatic N) is 1. The molecule has 1 heterocycles. The summed E-state index contributed by atoms with van der Waals surface area (Å²) in [7, 11) is -3.53. The van der Waals surface area contributed by atoms with Crippen molar-refractivity contribution in [3.63, 3.8) is 0 Å². The molecule has 1 aliphatic heterocycles. The van der Waals surface area contributed by atoms with Crippen molar-refractivity contribution in [1.29, 1.82) is 0 Å². The summed E-state index contributed by atoms with van der Waals surface area (Å²) in [6.07, 6.45) is 2.05. The van der Waals surface area contributed by atoms with Gasteiger partial charge in [0.15, 0.2) is 0 Å². The Hall–Kier alpha value is -3.43. The highest BCUT2D eigenvalue weighted by Gasteiger charge is 2.26. The van der Waals surface area contributed by atoms with Gasteiger partial charge in [-0.1, -0.05) is 30.2 Å². The molecule has 1 fully saturated rings. The van der Waals surface area contributed by atoms with Gasteiger partial charge in [0.05, 0.1) is 17.0 Å². The van der Waals surface area contributed by atoms with Crippen LogP contribution in [0.3, 0.4) is 0 Å². The van der Waals surface area contributed by atoms with Gasteiger partial charge in [-0.25, -0.2) is 12.8 Å². The van der Waals surface area contributed by atoms with E-state index in [4.69, 9.17) is 11.6 Å². The highest BCUT2D eigenvalue weighted by Crippen LogP contribution is 2.26. The Kier molecular flexibility index (Phi) is 7.61. The number of nitrogens with one attached hydrogen (secondary N) is 2. The van der Waals surface area contributed by atoms with Crippen LogP contribution in [-0.2, 0) is 10.0 Å². The van der Waals surface area contributed by atoms with E-state index in [0.29, 0.717) is 34.8 Å². The van der Waals surface area contributed by atoms with Crippen LogP contribution in [0.15, 0.2) is 60.7 Å². The maximum Gasteiger partial charge on any atom is 0.258 e. The standard InChI is InChI=1S/C26H25ClFN3O4S/c1-17-8-9-20(15-24(17)30-25(32)18-6-5-7-19(27)14-18)29-26(33)22-11-10-21(16-23(22)28)31-12-3-2-4-13-36(31,34)35/h5-11,14-16H,2-4,12-13H2,1H3,(H,29,33)(H,30,32). The normalized spacial score (nSPS) is 15.1. The first kappa shape index (κ1) is 25.7. The zero-order chi connectivity index (χ0) is 25.9. The first-order valence-electron chi connectivity index (χ1n) is 11.4. The number of hydrogen-bond acceptors (Lipinski definition) is 4. The van der Waals surface area contributed by atoms with Crippen LogP contribution < -0.4 is 14.9 Å². The molecule has 0 unspecified atom stereocenters. The second-order valence-corrected chi connectivity index (χ2v) is 11.0. The first-order chi connectivity index (χ1) is 17.1. The number of sulfonamides is 1. The van der Waals surface area contributed by atoms with E-state index in [2.05, 4.69) is 10.6 Å².